The van der Waals surface area contributed by atoms with E-state index in [-0.39, 0.29) is 5.91 Å². The van der Waals surface area contributed by atoms with Gasteiger partial charge in [-0.05, 0) is 18.4 Å². The SMILES string of the molecule is CN=Cc1ccc(-c2nc3c(n2C)CCN(CC(=O)N2CCN(C4CCC4)CC2)C3)cc1. The van der Waals surface area contributed by atoms with Crippen molar-refractivity contribution in [2.24, 2.45) is 12.0 Å². The van der Waals surface area contributed by atoms with Crippen LogP contribution in [0.25, 0.3) is 11.4 Å². The Morgan fingerprint density at radius 2 is 1.88 bits per heavy atom. The molecule has 7 heteroatoms. The molecule has 0 N–H and O–H groups in total. The summed E-state index contributed by atoms with van der Waals surface area (Å²) in [5, 5.41) is 0. The predicted molar refractivity (Wildman–Crippen MR) is 127 cm³/mol. The van der Waals surface area contributed by atoms with Crippen LogP contribution in [-0.2, 0) is 24.8 Å². The number of nitrogens with zero attached hydrogens (tertiary/aromatic N) is 6. The van der Waals surface area contributed by atoms with Gasteiger partial charge in [-0.2, -0.15) is 0 Å². The Morgan fingerprint density at radius 3 is 2.53 bits per heavy atom. The van der Waals surface area contributed by atoms with Gasteiger partial charge in [0.15, 0.2) is 0 Å². The van der Waals surface area contributed by atoms with Crippen molar-refractivity contribution in [2.75, 3.05) is 46.3 Å². The first-order valence-electron chi connectivity index (χ1n) is 11.9. The first kappa shape index (κ1) is 21.3. The summed E-state index contributed by atoms with van der Waals surface area (Å²) in [4.78, 5) is 28.9. The number of amides is 1. The van der Waals surface area contributed by atoms with Crippen LogP contribution in [0.4, 0.5) is 0 Å². The second-order valence-electron chi connectivity index (χ2n) is 9.36. The Kier molecular flexibility index (Phi) is 6.11. The minimum absolute atomic E-state index is 0.269. The summed E-state index contributed by atoms with van der Waals surface area (Å²) >= 11 is 0. The van der Waals surface area contributed by atoms with Crippen molar-refractivity contribution in [1.29, 1.82) is 0 Å². The highest BCUT2D eigenvalue weighted by molar-refractivity contribution is 5.80. The number of aromatic nitrogens is 2. The van der Waals surface area contributed by atoms with E-state index in [4.69, 9.17) is 4.98 Å². The van der Waals surface area contributed by atoms with E-state index in [0.29, 0.717) is 6.54 Å². The lowest BCUT2D eigenvalue weighted by Crippen LogP contribution is -2.55. The summed E-state index contributed by atoms with van der Waals surface area (Å²) in [6.45, 7) is 5.98. The summed E-state index contributed by atoms with van der Waals surface area (Å²) in [5.74, 6) is 1.27. The monoisotopic (exact) mass is 434 g/mol. The third-order valence-corrected chi connectivity index (χ3v) is 7.40. The fourth-order valence-corrected chi connectivity index (χ4v) is 5.22. The Labute approximate surface area is 190 Å². The number of rotatable bonds is 5. The van der Waals surface area contributed by atoms with Gasteiger partial charge in [0.05, 0.1) is 12.2 Å². The standard InChI is InChI=1S/C25H34N6O/c1-26-16-19-6-8-20(9-7-19)25-27-22-17-29(11-10-23(22)28(25)2)18-24(32)31-14-12-30(13-15-31)21-4-3-5-21/h6-9,16,21H,3-5,10-15,17-18H2,1-2H3. The number of hydrogen-bond acceptors (Lipinski definition) is 5. The maximum Gasteiger partial charge on any atom is 0.236 e. The number of hydrogen-bond donors (Lipinski definition) is 0. The lowest BCUT2D eigenvalue weighted by molar-refractivity contribution is -0.135. The molecular weight excluding hydrogens is 400 g/mol. The molecule has 2 fully saturated rings. The fourth-order valence-electron chi connectivity index (χ4n) is 5.22. The van der Waals surface area contributed by atoms with Crippen LogP contribution < -0.4 is 0 Å². The molecule has 32 heavy (non-hydrogen) atoms. The molecule has 1 amide bonds. The lowest BCUT2D eigenvalue weighted by atomic mass is 9.91. The van der Waals surface area contributed by atoms with Gasteiger partial charge in [0, 0.05) is 83.3 Å². The molecule has 1 saturated carbocycles. The third kappa shape index (κ3) is 4.24. The number of carbonyl (C=O) groups excluding carboxylic acids is 1. The van der Waals surface area contributed by atoms with Crippen LogP contribution >= 0.6 is 0 Å². The van der Waals surface area contributed by atoms with Crippen LogP contribution in [0.2, 0.25) is 0 Å². The molecule has 2 aliphatic heterocycles. The summed E-state index contributed by atoms with van der Waals surface area (Å²) in [5.41, 5.74) is 4.60. The van der Waals surface area contributed by atoms with E-state index < -0.39 is 0 Å². The molecule has 0 unspecified atom stereocenters. The highest BCUT2D eigenvalue weighted by Crippen LogP contribution is 2.27. The Hall–Kier alpha value is -2.51. The number of aliphatic imine (C=N–C) groups is 1. The molecule has 5 rings (SSSR count). The van der Waals surface area contributed by atoms with Gasteiger partial charge in [-0.15, -0.1) is 0 Å². The molecule has 1 aromatic carbocycles. The molecule has 3 aliphatic rings. The molecule has 1 aromatic heterocycles. The Bertz CT molecular complexity index is 983. The van der Waals surface area contributed by atoms with Crippen molar-refractivity contribution < 1.29 is 4.79 Å². The maximum atomic E-state index is 12.9. The average Bonchev–Trinajstić information content (AvgIpc) is 3.09. The van der Waals surface area contributed by atoms with Gasteiger partial charge < -0.3 is 9.47 Å². The van der Waals surface area contributed by atoms with E-state index in [9.17, 15) is 4.79 Å². The average molecular weight is 435 g/mol. The van der Waals surface area contributed by atoms with Crippen LogP contribution in [0, 0.1) is 0 Å². The van der Waals surface area contributed by atoms with Crippen molar-refractivity contribution in [3.05, 3.63) is 41.2 Å². The molecule has 0 spiro atoms. The van der Waals surface area contributed by atoms with Crippen molar-refractivity contribution in [3.8, 4) is 11.4 Å². The summed E-state index contributed by atoms with van der Waals surface area (Å²) in [6.07, 6.45) is 6.84. The molecular formula is C25H34N6O. The largest absolute Gasteiger partial charge is 0.339 e. The Balaban J connectivity index is 1.20. The first-order valence-corrected chi connectivity index (χ1v) is 11.9. The highest BCUT2D eigenvalue weighted by Gasteiger charge is 2.31. The minimum Gasteiger partial charge on any atom is -0.339 e. The van der Waals surface area contributed by atoms with E-state index in [1.807, 2.05) is 6.21 Å². The van der Waals surface area contributed by atoms with E-state index in [1.54, 1.807) is 7.05 Å². The molecule has 0 radical (unpaired) electrons. The molecule has 0 bridgehead atoms. The van der Waals surface area contributed by atoms with Crippen molar-refractivity contribution in [1.82, 2.24) is 24.3 Å². The molecule has 7 nitrogen and oxygen atoms in total. The molecule has 1 aliphatic carbocycles. The van der Waals surface area contributed by atoms with E-state index >= 15 is 0 Å². The van der Waals surface area contributed by atoms with Gasteiger partial charge in [0.2, 0.25) is 5.91 Å². The summed E-state index contributed by atoms with van der Waals surface area (Å²) < 4.78 is 2.22. The first-order chi connectivity index (χ1) is 15.6. The van der Waals surface area contributed by atoms with E-state index in [0.717, 1.165) is 74.4 Å². The van der Waals surface area contributed by atoms with Crippen LogP contribution in [0.3, 0.4) is 0 Å². The van der Waals surface area contributed by atoms with Gasteiger partial charge in [-0.25, -0.2) is 4.98 Å². The quantitative estimate of drug-likeness (QED) is 0.677. The zero-order valence-electron chi connectivity index (χ0n) is 19.3. The highest BCUT2D eigenvalue weighted by atomic mass is 16.2. The van der Waals surface area contributed by atoms with Gasteiger partial charge in [0.1, 0.15) is 5.82 Å². The lowest BCUT2D eigenvalue weighted by Gasteiger charge is -2.43. The van der Waals surface area contributed by atoms with Crippen LogP contribution in [0.15, 0.2) is 29.3 Å². The summed E-state index contributed by atoms with van der Waals surface area (Å²) in [7, 11) is 3.89. The van der Waals surface area contributed by atoms with Crippen LogP contribution in [0.1, 0.15) is 36.2 Å². The topological polar surface area (TPSA) is 57.0 Å². The van der Waals surface area contributed by atoms with E-state index in [1.165, 1.54) is 25.0 Å². The summed E-state index contributed by atoms with van der Waals surface area (Å²) in [6, 6.07) is 9.14. The number of piperazine rings is 1. The zero-order chi connectivity index (χ0) is 22.1. The van der Waals surface area contributed by atoms with Gasteiger partial charge in [0.25, 0.3) is 0 Å². The van der Waals surface area contributed by atoms with Crippen molar-refractivity contribution >= 4 is 12.1 Å². The number of carbonyl (C=O) groups is 1. The smallest absolute Gasteiger partial charge is 0.236 e. The third-order valence-electron chi connectivity index (χ3n) is 7.40. The normalized spacial score (nSPS) is 20.5. The second-order valence-corrected chi connectivity index (χ2v) is 9.36. The number of imidazole rings is 1. The van der Waals surface area contributed by atoms with E-state index in [2.05, 4.69) is 55.6 Å². The minimum atomic E-state index is 0.269. The number of benzene rings is 1. The van der Waals surface area contributed by atoms with Crippen LogP contribution in [0.5, 0.6) is 0 Å². The van der Waals surface area contributed by atoms with Crippen molar-refractivity contribution in [2.45, 2.75) is 38.3 Å². The number of fused-ring (bicyclic) bond motifs is 1. The maximum absolute atomic E-state index is 12.9. The van der Waals surface area contributed by atoms with Crippen molar-refractivity contribution in [3.63, 3.8) is 0 Å². The van der Waals surface area contributed by atoms with Crippen LogP contribution in [-0.4, -0.2) is 88.7 Å². The fraction of sp³-hybridized carbons (Fsp3) is 0.560. The molecule has 2 aromatic rings. The second kappa shape index (κ2) is 9.16. The van der Waals surface area contributed by atoms with Gasteiger partial charge in [-0.1, -0.05) is 30.7 Å². The predicted octanol–water partition coefficient (Wildman–Crippen LogP) is 2.19. The molecule has 0 atom stereocenters. The zero-order valence-corrected chi connectivity index (χ0v) is 19.3. The molecule has 1 saturated heterocycles. The molecule has 170 valence electrons. The Morgan fingerprint density at radius 1 is 1.12 bits per heavy atom. The molecule has 3 heterocycles. The van der Waals surface area contributed by atoms with Gasteiger partial charge >= 0.3 is 0 Å². The van der Waals surface area contributed by atoms with Gasteiger partial charge in [-0.3, -0.25) is 19.6 Å².